The van der Waals surface area contributed by atoms with Crippen LogP contribution < -0.4 is 15.4 Å². The van der Waals surface area contributed by atoms with Gasteiger partial charge < -0.3 is 15.4 Å². The Labute approximate surface area is 105 Å². The summed E-state index contributed by atoms with van der Waals surface area (Å²) >= 11 is 0. The minimum absolute atomic E-state index is 0.0235. The summed E-state index contributed by atoms with van der Waals surface area (Å²) in [5, 5.41) is 5.34. The summed E-state index contributed by atoms with van der Waals surface area (Å²) in [7, 11) is 0. The van der Waals surface area contributed by atoms with Crippen LogP contribution in [0.3, 0.4) is 0 Å². The molecule has 1 aromatic rings. The summed E-state index contributed by atoms with van der Waals surface area (Å²) in [6, 6.07) is 5.09. The van der Waals surface area contributed by atoms with Gasteiger partial charge in [-0.2, -0.15) is 0 Å². The lowest BCUT2D eigenvalue weighted by molar-refractivity contribution is -0.118. The van der Waals surface area contributed by atoms with Gasteiger partial charge in [0.2, 0.25) is 0 Å². The van der Waals surface area contributed by atoms with Crippen molar-refractivity contribution >= 4 is 17.5 Å². The number of anilines is 1. The number of rotatable bonds is 2. The molecule has 0 saturated heterocycles. The van der Waals surface area contributed by atoms with Gasteiger partial charge in [-0.15, -0.1) is 6.42 Å². The van der Waals surface area contributed by atoms with Crippen molar-refractivity contribution in [1.82, 2.24) is 5.32 Å². The Kier molecular flexibility index (Phi) is 3.20. The molecule has 1 heterocycles. The number of benzene rings is 1. The molecule has 18 heavy (non-hydrogen) atoms. The molecule has 1 aromatic carbocycles. The minimum Gasteiger partial charge on any atom is -0.482 e. The van der Waals surface area contributed by atoms with Gasteiger partial charge in [-0.25, -0.2) is 0 Å². The molecule has 1 unspecified atom stereocenters. The Morgan fingerprint density at radius 3 is 3.11 bits per heavy atom. The molecule has 1 atom stereocenters. The second-order valence-electron chi connectivity index (χ2n) is 3.93. The predicted molar refractivity (Wildman–Crippen MR) is 66.0 cm³/mol. The molecule has 1 aliphatic rings. The quantitative estimate of drug-likeness (QED) is 0.757. The fraction of sp³-hybridized carbons (Fsp3) is 0.231. The normalized spacial score (nSPS) is 14.6. The third kappa shape index (κ3) is 2.43. The minimum atomic E-state index is -0.472. The number of carbonyl (C=O) groups is 2. The number of nitrogens with one attached hydrogen (secondary N) is 2. The molecule has 5 heteroatoms. The predicted octanol–water partition coefficient (Wildman–Crippen LogP) is 0.828. The molecule has 0 radical (unpaired) electrons. The molecule has 92 valence electrons. The highest BCUT2D eigenvalue weighted by Crippen LogP contribution is 2.30. The number of carbonyl (C=O) groups excluding carboxylic acids is 2. The van der Waals surface area contributed by atoms with Gasteiger partial charge >= 0.3 is 0 Å². The van der Waals surface area contributed by atoms with E-state index >= 15 is 0 Å². The van der Waals surface area contributed by atoms with Crippen LogP contribution in [-0.4, -0.2) is 18.4 Å². The highest BCUT2D eigenvalue weighted by molar-refractivity contribution is 5.95. The highest BCUT2D eigenvalue weighted by Gasteiger charge is 2.17. The first-order valence-corrected chi connectivity index (χ1v) is 5.44. The van der Waals surface area contributed by atoms with Crippen molar-refractivity contribution in [2.24, 2.45) is 0 Å². The third-order valence-electron chi connectivity index (χ3n) is 2.62. The van der Waals surface area contributed by atoms with Crippen LogP contribution in [0.2, 0.25) is 0 Å². The van der Waals surface area contributed by atoms with Crippen molar-refractivity contribution in [2.45, 2.75) is 13.0 Å². The Hall–Kier alpha value is -2.48. The van der Waals surface area contributed by atoms with Crippen molar-refractivity contribution in [3.05, 3.63) is 23.8 Å². The summed E-state index contributed by atoms with van der Waals surface area (Å²) < 4.78 is 5.24. The zero-order valence-electron chi connectivity index (χ0n) is 9.82. The zero-order valence-corrected chi connectivity index (χ0v) is 9.82. The van der Waals surface area contributed by atoms with Crippen LogP contribution in [0.25, 0.3) is 0 Å². The maximum atomic E-state index is 11.2. The fourth-order valence-electron chi connectivity index (χ4n) is 1.69. The lowest BCUT2D eigenvalue weighted by atomic mass is 10.1. The van der Waals surface area contributed by atoms with Crippen LogP contribution in [0.4, 0.5) is 5.69 Å². The Balaban J connectivity index is 2.20. The van der Waals surface area contributed by atoms with E-state index in [4.69, 9.17) is 11.2 Å². The number of hydrogen-bond donors (Lipinski definition) is 2. The maximum Gasteiger partial charge on any atom is 0.296 e. The van der Waals surface area contributed by atoms with Gasteiger partial charge in [0, 0.05) is 0 Å². The van der Waals surface area contributed by atoms with E-state index in [-0.39, 0.29) is 18.6 Å². The molecule has 5 nitrogen and oxygen atoms in total. The van der Waals surface area contributed by atoms with Gasteiger partial charge in [-0.3, -0.25) is 9.59 Å². The van der Waals surface area contributed by atoms with Crippen molar-refractivity contribution in [1.29, 1.82) is 0 Å². The Morgan fingerprint density at radius 1 is 1.61 bits per heavy atom. The molecular weight excluding hydrogens is 232 g/mol. The Bertz CT molecular complexity index is 546. The number of fused-ring (bicyclic) bond motifs is 1. The van der Waals surface area contributed by atoms with E-state index in [1.165, 1.54) is 0 Å². The third-order valence-corrected chi connectivity index (χ3v) is 2.62. The molecule has 1 aliphatic heterocycles. The number of hydrogen-bond acceptors (Lipinski definition) is 3. The molecule has 2 rings (SSSR count). The van der Waals surface area contributed by atoms with Gasteiger partial charge in [-0.05, 0) is 30.5 Å². The van der Waals surface area contributed by atoms with Crippen LogP contribution in [0.5, 0.6) is 5.75 Å². The van der Waals surface area contributed by atoms with Crippen molar-refractivity contribution in [2.75, 3.05) is 11.9 Å². The van der Waals surface area contributed by atoms with Crippen molar-refractivity contribution in [3.63, 3.8) is 0 Å². The highest BCUT2D eigenvalue weighted by atomic mass is 16.5. The van der Waals surface area contributed by atoms with E-state index in [1.807, 2.05) is 18.9 Å². The smallest absolute Gasteiger partial charge is 0.296 e. The average Bonchev–Trinajstić information content (AvgIpc) is 2.37. The van der Waals surface area contributed by atoms with Gasteiger partial charge in [0.25, 0.3) is 11.8 Å². The molecule has 0 aliphatic carbocycles. The second kappa shape index (κ2) is 4.80. The number of terminal acetylenes is 1. The largest absolute Gasteiger partial charge is 0.482 e. The van der Waals surface area contributed by atoms with E-state index in [1.54, 1.807) is 12.1 Å². The lowest BCUT2D eigenvalue weighted by Crippen LogP contribution is -2.27. The molecule has 0 spiro atoms. The molecule has 0 aromatic heterocycles. The first kappa shape index (κ1) is 12.0. The standard InChI is InChI=1S/C13H12N2O3/c1-3-12(16)14-8(2)9-4-5-11-10(6-9)15-13(17)7-18-11/h1,4-6,8H,7H2,2H3,(H,14,16)(H,15,17). The van der Waals surface area contributed by atoms with Crippen molar-refractivity contribution in [3.8, 4) is 18.1 Å². The summed E-state index contributed by atoms with van der Waals surface area (Å²) in [6.45, 7) is 1.83. The lowest BCUT2D eigenvalue weighted by Gasteiger charge is -2.20. The molecule has 0 fully saturated rings. The fourth-order valence-corrected chi connectivity index (χ4v) is 1.69. The van der Waals surface area contributed by atoms with Gasteiger partial charge in [0.05, 0.1) is 11.7 Å². The summed E-state index contributed by atoms with van der Waals surface area (Å²) in [4.78, 5) is 22.3. The molecular formula is C13H12N2O3. The van der Waals surface area contributed by atoms with Crippen LogP contribution in [-0.2, 0) is 9.59 Å². The monoisotopic (exact) mass is 244 g/mol. The van der Waals surface area contributed by atoms with E-state index < -0.39 is 5.91 Å². The van der Waals surface area contributed by atoms with Crippen LogP contribution >= 0.6 is 0 Å². The first-order valence-electron chi connectivity index (χ1n) is 5.44. The van der Waals surface area contributed by atoms with E-state index in [0.717, 1.165) is 5.56 Å². The van der Waals surface area contributed by atoms with E-state index in [0.29, 0.717) is 11.4 Å². The molecule has 0 saturated carbocycles. The topological polar surface area (TPSA) is 67.4 Å². The van der Waals surface area contributed by atoms with Crippen molar-refractivity contribution < 1.29 is 14.3 Å². The second-order valence-corrected chi connectivity index (χ2v) is 3.93. The first-order chi connectivity index (χ1) is 8.60. The van der Waals surface area contributed by atoms with Gasteiger partial charge in [0.15, 0.2) is 6.61 Å². The zero-order chi connectivity index (χ0) is 13.1. The summed E-state index contributed by atoms with van der Waals surface area (Å²) in [5.74, 6) is 1.94. The number of ether oxygens (including phenoxy) is 1. The SMILES string of the molecule is C#CC(=O)NC(C)c1ccc2c(c1)NC(=O)CO2. The van der Waals surface area contributed by atoms with Crippen LogP contribution in [0.15, 0.2) is 18.2 Å². The average molecular weight is 244 g/mol. The van der Waals surface area contributed by atoms with Crippen LogP contribution in [0, 0.1) is 12.3 Å². The van der Waals surface area contributed by atoms with Gasteiger partial charge in [0.1, 0.15) is 5.75 Å². The van der Waals surface area contributed by atoms with Gasteiger partial charge in [-0.1, -0.05) is 6.07 Å². The van der Waals surface area contributed by atoms with E-state index in [2.05, 4.69) is 10.6 Å². The molecule has 0 bridgehead atoms. The summed E-state index contributed by atoms with van der Waals surface area (Å²) in [5.41, 5.74) is 1.44. The number of amides is 2. The van der Waals surface area contributed by atoms with Crippen LogP contribution in [0.1, 0.15) is 18.5 Å². The van der Waals surface area contributed by atoms with E-state index in [9.17, 15) is 9.59 Å². The maximum absolute atomic E-state index is 11.2. The molecule has 2 N–H and O–H groups in total. The summed E-state index contributed by atoms with van der Waals surface area (Å²) in [6.07, 6.45) is 4.99. The molecule has 2 amide bonds. The Morgan fingerprint density at radius 2 is 2.39 bits per heavy atom.